The van der Waals surface area contributed by atoms with Gasteiger partial charge in [0.25, 0.3) is 5.91 Å². The van der Waals surface area contributed by atoms with Gasteiger partial charge in [-0.1, -0.05) is 41.4 Å². The van der Waals surface area contributed by atoms with Gasteiger partial charge in [-0.15, -0.1) is 0 Å². The Morgan fingerprint density at radius 3 is 2.52 bits per heavy atom. The van der Waals surface area contributed by atoms with Gasteiger partial charge in [-0.05, 0) is 31.5 Å². The van der Waals surface area contributed by atoms with Gasteiger partial charge in [0.2, 0.25) is 0 Å². The first kappa shape index (κ1) is 17.0. The van der Waals surface area contributed by atoms with Crippen molar-refractivity contribution in [3.05, 3.63) is 58.7 Å². The Morgan fingerprint density at radius 1 is 1.22 bits per heavy atom. The lowest BCUT2D eigenvalue weighted by atomic mass is 10.1. The van der Waals surface area contributed by atoms with Crippen LogP contribution in [0.4, 0.5) is 5.82 Å². The van der Waals surface area contributed by atoms with E-state index in [4.69, 9.17) is 16.3 Å². The zero-order chi connectivity index (χ0) is 16.8. The molecule has 0 saturated heterocycles. The van der Waals surface area contributed by atoms with Crippen LogP contribution >= 0.6 is 11.6 Å². The van der Waals surface area contributed by atoms with Gasteiger partial charge in [0.05, 0.1) is 11.4 Å². The fourth-order valence-electron chi connectivity index (χ4n) is 1.84. The molecular formula is C17H17ClN2O3. The average Bonchev–Trinajstić information content (AvgIpc) is 2.51. The number of esters is 1. The van der Waals surface area contributed by atoms with E-state index < -0.39 is 18.0 Å². The summed E-state index contributed by atoms with van der Waals surface area (Å²) in [7, 11) is 0. The number of rotatable bonds is 5. The molecule has 0 saturated carbocycles. The quantitative estimate of drug-likeness (QED) is 0.854. The van der Waals surface area contributed by atoms with Crippen LogP contribution in [0, 0.1) is 6.92 Å². The Labute approximate surface area is 139 Å². The second kappa shape index (κ2) is 7.74. The van der Waals surface area contributed by atoms with Crippen LogP contribution in [-0.4, -0.2) is 23.0 Å². The van der Waals surface area contributed by atoms with Gasteiger partial charge in [0.1, 0.15) is 5.82 Å². The van der Waals surface area contributed by atoms with E-state index >= 15 is 0 Å². The van der Waals surface area contributed by atoms with E-state index in [1.54, 1.807) is 12.1 Å². The van der Waals surface area contributed by atoms with Crippen molar-refractivity contribution in [2.75, 3.05) is 5.32 Å². The number of pyridine rings is 1. The topological polar surface area (TPSA) is 68.3 Å². The summed E-state index contributed by atoms with van der Waals surface area (Å²) in [6.07, 6.45) is 0.632. The number of amides is 1. The highest BCUT2D eigenvalue weighted by Crippen LogP contribution is 2.11. The lowest BCUT2D eigenvalue weighted by Gasteiger charge is -2.13. The summed E-state index contributed by atoms with van der Waals surface area (Å²) in [5, 5.41) is 3.03. The van der Waals surface area contributed by atoms with Crippen LogP contribution in [0.3, 0.4) is 0 Å². The Hall–Kier alpha value is -2.40. The number of halogens is 1. The molecule has 0 unspecified atom stereocenters. The maximum atomic E-state index is 12.0. The minimum absolute atomic E-state index is 0.122. The molecule has 0 aliphatic heterocycles. The van der Waals surface area contributed by atoms with E-state index in [2.05, 4.69) is 10.3 Å². The van der Waals surface area contributed by atoms with Crippen LogP contribution in [0.5, 0.6) is 0 Å². The van der Waals surface area contributed by atoms with Crippen LogP contribution in [-0.2, 0) is 20.7 Å². The Morgan fingerprint density at radius 2 is 1.91 bits per heavy atom. The summed E-state index contributed by atoms with van der Waals surface area (Å²) < 4.78 is 5.14. The molecule has 0 fully saturated rings. The molecule has 1 amide bonds. The highest BCUT2D eigenvalue weighted by Gasteiger charge is 2.18. The average molecular weight is 333 g/mol. The molecule has 2 aromatic rings. The first-order chi connectivity index (χ1) is 10.9. The number of nitrogens with one attached hydrogen (secondary N) is 1. The second-order valence-corrected chi connectivity index (χ2v) is 5.58. The molecule has 1 aromatic heterocycles. The summed E-state index contributed by atoms with van der Waals surface area (Å²) >= 11 is 5.72. The first-order valence-electron chi connectivity index (χ1n) is 7.11. The monoisotopic (exact) mass is 332 g/mol. The van der Waals surface area contributed by atoms with E-state index in [0.29, 0.717) is 10.8 Å². The van der Waals surface area contributed by atoms with Crippen molar-refractivity contribution in [2.45, 2.75) is 26.4 Å². The number of aromatic nitrogens is 1. The second-order valence-electron chi connectivity index (χ2n) is 5.15. The van der Waals surface area contributed by atoms with Gasteiger partial charge in [-0.2, -0.15) is 0 Å². The summed E-state index contributed by atoms with van der Waals surface area (Å²) in [4.78, 5) is 27.8. The number of carbonyl (C=O) groups excluding carboxylic acids is 2. The predicted octanol–water partition coefficient (Wildman–Crippen LogP) is 3.16. The van der Waals surface area contributed by atoms with Gasteiger partial charge in [0, 0.05) is 6.20 Å². The lowest BCUT2D eigenvalue weighted by molar-refractivity contribution is -0.152. The van der Waals surface area contributed by atoms with Gasteiger partial charge in [0.15, 0.2) is 6.10 Å². The summed E-state index contributed by atoms with van der Waals surface area (Å²) in [6, 6.07) is 10.7. The molecule has 0 aliphatic carbocycles. The summed E-state index contributed by atoms with van der Waals surface area (Å²) in [5.74, 6) is -0.557. The number of benzene rings is 1. The first-order valence-corrected chi connectivity index (χ1v) is 7.49. The maximum Gasteiger partial charge on any atom is 0.311 e. The molecule has 1 heterocycles. The fraction of sp³-hybridized carbons (Fsp3) is 0.235. The molecular weight excluding hydrogens is 316 g/mol. The van der Waals surface area contributed by atoms with E-state index in [1.165, 1.54) is 13.1 Å². The third-order valence-electron chi connectivity index (χ3n) is 3.13. The highest BCUT2D eigenvalue weighted by atomic mass is 35.5. The van der Waals surface area contributed by atoms with Crippen molar-refractivity contribution in [3.63, 3.8) is 0 Å². The third-order valence-corrected chi connectivity index (χ3v) is 3.35. The van der Waals surface area contributed by atoms with E-state index in [0.717, 1.165) is 11.1 Å². The Balaban J connectivity index is 1.86. The van der Waals surface area contributed by atoms with Crippen LogP contribution in [0.1, 0.15) is 18.1 Å². The zero-order valence-corrected chi connectivity index (χ0v) is 13.6. The lowest BCUT2D eigenvalue weighted by Crippen LogP contribution is -2.30. The van der Waals surface area contributed by atoms with Crippen LogP contribution < -0.4 is 5.32 Å². The largest absolute Gasteiger partial charge is 0.452 e. The molecule has 1 aromatic carbocycles. The fourth-order valence-corrected chi connectivity index (χ4v) is 1.95. The molecule has 6 heteroatoms. The van der Waals surface area contributed by atoms with E-state index in [-0.39, 0.29) is 6.42 Å². The molecule has 0 aliphatic rings. The van der Waals surface area contributed by atoms with Gasteiger partial charge < -0.3 is 10.1 Å². The molecule has 0 bridgehead atoms. The van der Waals surface area contributed by atoms with Crippen LogP contribution in [0.15, 0.2) is 42.6 Å². The van der Waals surface area contributed by atoms with Gasteiger partial charge in [-0.25, -0.2) is 4.98 Å². The maximum absolute atomic E-state index is 12.0. The van der Waals surface area contributed by atoms with E-state index in [9.17, 15) is 9.59 Å². The van der Waals surface area contributed by atoms with Crippen molar-refractivity contribution < 1.29 is 14.3 Å². The molecule has 0 spiro atoms. The molecule has 1 N–H and O–H groups in total. The van der Waals surface area contributed by atoms with E-state index in [1.807, 2.05) is 31.2 Å². The molecule has 5 nitrogen and oxygen atoms in total. The van der Waals surface area contributed by atoms with Crippen molar-refractivity contribution in [2.24, 2.45) is 0 Å². The van der Waals surface area contributed by atoms with Crippen LogP contribution in [0.2, 0.25) is 5.02 Å². The van der Waals surface area contributed by atoms with Gasteiger partial charge >= 0.3 is 5.97 Å². The molecule has 120 valence electrons. The van der Waals surface area contributed by atoms with Crippen molar-refractivity contribution >= 4 is 29.3 Å². The Kier molecular flexibility index (Phi) is 5.71. The number of nitrogens with zero attached hydrogens (tertiary/aromatic N) is 1. The van der Waals surface area contributed by atoms with Crippen molar-refractivity contribution in [1.29, 1.82) is 0 Å². The number of ether oxygens (including phenoxy) is 1. The molecule has 23 heavy (non-hydrogen) atoms. The number of aryl methyl sites for hydroxylation is 1. The zero-order valence-electron chi connectivity index (χ0n) is 12.9. The van der Waals surface area contributed by atoms with Crippen molar-refractivity contribution in [3.8, 4) is 0 Å². The number of carbonyl (C=O) groups is 2. The molecule has 0 radical (unpaired) electrons. The molecule has 1 atom stereocenters. The summed E-state index contributed by atoms with van der Waals surface area (Å²) in [6.45, 7) is 3.48. The van der Waals surface area contributed by atoms with Crippen LogP contribution in [0.25, 0.3) is 0 Å². The minimum Gasteiger partial charge on any atom is -0.452 e. The SMILES string of the molecule is Cc1ccc(CC(=O)O[C@H](C)C(=O)Nc2ccc(Cl)cn2)cc1. The standard InChI is InChI=1S/C17H17ClN2O3/c1-11-3-5-13(6-4-11)9-16(21)23-12(2)17(22)20-15-8-7-14(18)10-19-15/h3-8,10,12H,9H2,1-2H3,(H,19,20,22)/t12-/m1/s1. The van der Waals surface area contributed by atoms with Crippen molar-refractivity contribution in [1.82, 2.24) is 4.98 Å². The Bertz CT molecular complexity index is 684. The van der Waals surface area contributed by atoms with Gasteiger partial charge in [-0.3, -0.25) is 9.59 Å². The molecule has 2 rings (SSSR count). The predicted molar refractivity (Wildman–Crippen MR) is 88.3 cm³/mol. The number of hydrogen-bond donors (Lipinski definition) is 1. The number of hydrogen-bond acceptors (Lipinski definition) is 4. The minimum atomic E-state index is -0.912. The normalized spacial score (nSPS) is 11.6. The third kappa shape index (κ3) is 5.38. The highest BCUT2D eigenvalue weighted by molar-refractivity contribution is 6.30. The summed E-state index contributed by atoms with van der Waals surface area (Å²) in [5.41, 5.74) is 1.96. The number of anilines is 1. The smallest absolute Gasteiger partial charge is 0.311 e.